The minimum Gasteiger partial charge on any atom is -0.452 e. The fourth-order valence-corrected chi connectivity index (χ4v) is 10.2. The summed E-state index contributed by atoms with van der Waals surface area (Å²) in [6.07, 6.45) is 7.86. The highest BCUT2D eigenvalue weighted by Crippen LogP contribution is 2.47. The highest BCUT2D eigenvalue weighted by molar-refractivity contribution is 6.14. The predicted molar refractivity (Wildman–Crippen MR) is 303 cm³/mol. The van der Waals surface area contributed by atoms with E-state index in [-0.39, 0.29) is 5.92 Å². The van der Waals surface area contributed by atoms with E-state index in [1.165, 1.54) is 5.56 Å². The maximum atomic E-state index is 7.27. The van der Waals surface area contributed by atoms with Crippen LogP contribution in [0.25, 0.3) is 33.1 Å². The minimum absolute atomic E-state index is 0.230. The Kier molecular flexibility index (Phi) is 11.9. The number of rotatable bonds is 13. The van der Waals surface area contributed by atoms with Crippen LogP contribution in [0.4, 0.5) is 56.9 Å². The third kappa shape index (κ3) is 8.58. The van der Waals surface area contributed by atoms with Crippen molar-refractivity contribution in [1.29, 1.82) is 0 Å². The molecule has 0 spiro atoms. The van der Waals surface area contributed by atoms with E-state index in [2.05, 4.69) is 306 Å². The molecule has 12 rings (SSSR count). The molecular weight excluding hydrogens is 877 g/mol. The molecule has 1 aromatic heterocycles. The maximum Gasteiger partial charge on any atom is 0.159 e. The van der Waals surface area contributed by atoms with E-state index >= 15 is 0 Å². The molecule has 1 aliphatic carbocycles. The van der Waals surface area contributed by atoms with Gasteiger partial charge in [0.1, 0.15) is 0 Å². The third-order valence-electron chi connectivity index (χ3n) is 13.8. The average Bonchev–Trinajstić information content (AvgIpc) is 3.85. The summed E-state index contributed by atoms with van der Waals surface area (Å²) in [6.45, 7) is 0. The number of hydrogen-bond donors (Lipinski definition) is 0. The maximum absolute atomic E-state index is 7.27. The number of para-hydroxylation sites is 7. The molecular formula is C67H52N4O. The van der Waals surface area contributed by atoms with Crippen molar-refractivity contribution in [3.8, 4) is 11.1 Å². The summed E-state index contributed by atoms with van der Waals surface area (Å²) in [5, 5.41) is 2.12. The summed E-state index contributed by atoms with van der Waals surface area (Å²) in [6, 6.07) is 92.5. The molecule has 0 amide bonds. The molecule has 0 aliphatic heterocycles. The van der Waals surface area contributed by atoms with E-state index in [1.807, 2.05) is 0 Å². The van der Waals surface area contributed by atoms with E-state index in [4.69, 9.17) is 4.42 Å². The van der Waals surface area contributed by atoms with Crippen LogP contribution >= 0.6 is 0 Å². The number of anilines is 10. The highest BCUT2D eigenvalue weighted by atomic mass is 16.3. The largest absolute Gasteiger partial charge is 0.452 e. The number of fused-ring (bicyclic) bond motifs is 3. The second-order valence-corrected chi connectivity index (χ2v) is 18.2. The van der Waals surface area contributed by atoms with Gasteiger partial charge in [-0.05, 0) is 138 Å². The number of hydrogen-bond acceptors (Lipinski definition) is 5. The smallest absolute Gasteiger partial charge is 0.159 e. The third-order valence-corrected chi connectivity index (χ3v) is 13.8. The van der Waals surface area contributed by atoms with E-state index in [1.54, 1.807) is 0 Å². The molecule has 1 aliphatic rings. The molecule has 1 atom stereocenters. The van der Waals surface area contributed by atoms with Crippen molar-refractivity contribution < 1.29 is 4.42 Å². The SMILES string of the molecule is CN(c1ccccc1)c1cccc(-c2cccc(N(c3ccccc3)c3cccc4c3oc3c(N(C5=CCC(c6ccc(N(c7ccccc7)c7ccccc7)cc6)C=C5)c5ccccc5)cccc34)c2)c1. The molecule has 0 saturated heterocycles. The summed E-state index contributed by atoms with van der Waals surface area (Å²) in [4.78, 5) is 9.20. The lowest BCUT2D eigenvalue weighted by Crippen LogP contribution is -2.17. The lowest BCUT2D eigenvalue weighted by Gasteiger charge is -2.29. The first-order valence-electron chi connectivity index (χ1n) is 24.7. The first kappa shape index (κ1) is 43.9. The van der Waals surface area contributed by atoms with Crippen LogP contribution in [0, 0.1) is 0 Å². The van der Waals surface area contributed by atoms with Crippen molar-refractivity contribution in [2.24, 2.45) is 0 Å². The van der Waals surface area contributed by atoms with Crippen LogP contribution in [-0.4, -0.2) is 7.05 Å². The Bertz CT molecular complexity index is 3640. The van der Waals surface area contributed by atoms with Gasteiger partial charge in [0.05, 0.1) is 11.4 Å². The van der Waals surface area contributed by atoms with Crippen molar-refractivity contribution in [2.75, 3.05) is 26.6 Å². The minimum atomic E-state index is 0.230. The van der Waals surface area contributed by atoms with E-state index in [0.717, 1.165) is 102 Å². The molecule has 346 valence electrons. The monoisotopic (exact) mass is 928 g/mol. The normalized spacial score (nSPS) is 13.2. The van der Waals surface area contributed by atoms with Crippen LogP contribution in [0.3, 0.4) is 0 Å². The van der Waals surface area contributed by atoms with E-state index in [0.29, 0.717) is 0 Å². The Hall–Kier alpha value is -9.32. The fraction of sp³-hybridized carbons (Fsp3) is 0.0448. The van der Waals surface area contributed by atoms with Gasteiger partial charge >= 0.3 is 0 Å². The van der Waals surface area contributed by atoms with Crippen LogP contribution < -0.4 is 19.6 Å². The summed E-state index contributed by atoms with van der Waals surface area (Å²) in [5.74, 6) is 0.230. The van der Waals surface area contributed by atoms with Gasteiger partial charge in [-0.15, -0.1) is 0 Å². The molecule has 11 aromatic rings. The van der Waals surface area contributed by atoms with Gasteiger partial charge < -0.3 is 24.0 Å². The van der Waals surface area contributed by atoms with E-state index in [9.17, 15) is 0 Å². The van der Waals surface area contributed by atoms with Gasteiger partial charge in [-0.2, -0.15) is 0 Å². The lowest BCUT2D eigenvalue weighted by atomic mass is 9.91. The number of allylic oxidation sites excluding steroid dienone is 3. The van der Waals surface area contributed by atoms with Gasteiger partial charge in [0.25, 0.3) is 0 Å². The molecule has 0 N–H and O–H groups in total. The van der Waals surface area contributed by atoms with Gasteiger partial charge in [-0.25, -0.2) is 0 Å². The second kappa shape index (κ2) is 19.6. The molecule has 0 fully saturated rings. The number of furan rings is 1. The Labute approximate surface area is 421 Å². The quantitative estimate of drug-likeness (QED) is 0.115. The van der Waals surface area contributed by atoms with Crippen LogP contribution in [0.5, 0.6) is 0 Å². The van der Waals surface area contributed by atoms with Gasteiger partial charge in [-0.1, -0.05) is 164 Å². The topological polar surface area (TPSA) is 26.1 Å². The molecule has 5 heteroatoms. The molecule has 72 heavy (non-hydrogen) atoms. The van der Waals surface area contributed by atoms with Gasteiger partial charge in [-0.3, -0.25) is 0 Å². The zero-order chi connectivity index (χ0) is 48.2. The average molecular weight is 929 g/mol. The molecule has 10 aromatic carbocycles. The lowest BCUT2D eigenvalue weighted by molar-refractivity contribution is 0.669. The number of nitrogens with zero attached hydrogens (tertiary/aromatic N) is 4. The molecule has 0 saturated carbocycles. The van der Waals surface area contributed by atoms with Crippen molar-refractivity contribution in [3.63, 3.8) is 0 Å². The molecule has 0 bridgehead atoms. The first-order valence-corrected chi connectivity index (χ1v) is 24.7. The summed E-state index contributed by atoms with van der Waals surface area (Å²) >= 11 is 0. The Morgan fingerprint density at radius 2 is 0.778 bits per heavy atom. The molecule has 1 heterocycles. The Morgan fingerprint density at radius 1 is 0.361 bits per heavy atom. The highest BCUT2D eigenvalue weighted by Gasteiger charge is 2.25. The Morgan fingerprint density at radius 3 is 1.29 bits per heavy atom. The standard InChI is InChI=1S/C67H52N4O/c1-68(53-23-7-2-8-24-53)60-33-17-21-51(47-60)52-22-18-34-61(48-52)71(57-31-15-6-16-32-57)65-38-20-36-63-62-35-19-37-64(66(62)72-67(63)65)70(56-29-13-5-14-30-56)59-45-41-50(42-46-59)49-39-43-58(44-40-49)69(54-25-9-3-10-26-54)55-27-11-4-12-28-55/h2-41,43-48,50H,42H2,1H3. The fourth-order valence-electron chi connectivity index (χ4n) is 10.2. The molecule has 5 nitrogen and oxygen atoms in total. The van der Waals surface area contributed by atoms with Crippen LogP contribution in [0.15, 0.2) is 289 Å². The van der Waals surface area contributed by atoms with Gasteiger partial charge in [0, 0.05) is 74.9 Å². The zero-order valence-corrected chi connectivity index (χ0v) is 40.0. The van der Waals surface area contributed by atoms with Crippen LogP contribution in [0.1, 0.15) is 17.9 Å². The Balaban J connectivity index is 0.895. The van der Waals surface area contributed by atoms with Crippen LogP contribution in [0.2, 0.25) is 0 Å². The van der Waals surface area contributed by atoms with Crippen LogP contribution in [-0.2, 0) is 0 Å². The molecule has 1 unspecified atom stereocenters. The summed E-state index contributed by atoms with van der Waals surface area (Å²) < 4.78 is 7.27. The van der Waals surface area contributed by atoms with Gasteiger partial charge in [0.15, 0.2) is 11.2 Å². The predicted octanol–water partition coefficient (Wildman–Crippen LogP) is 18.7. The van der Waals surface area contributed by atoms with Gasteiger partial charge in [0.2, 0.25) is 0 Å². The zero-order valence-electron chi connectivity index (χ0n) is 40.0. The first-order chi connectivity index (χ1) is 35.6. The second-order valence-electron chi connectivity index (χ2n) is 18.2. The molecule has 0 radical (unpaired) electrons. The van der Waals surface area contributed by atoms with Crippen molar-refractivity contribution in [2.45, 2.75) is 12.3 Å². The van der Waals surface area contributed by atoms with Crippen molar-refractivity contribution in [3.05, 3.63) is 290 Å². The van der Waals surface area contributed by atoms with Crippen molar-refractivity contribution in [1.82, 2.24) is 0 Å². The number of benzene rings is 10. The van der Waals surface area contributed by atoms with Crippen molar-refractivity contribution >= 4 is 78.8 Å². The van der Waals surface area contributed by atoms with E-state index < -0.39 is 0 Å². The summed E-state index contributed by atoms with van der Waals surface area (Å²) in [7, 11) is 2.12. The summed E-state index contributed by atoms with van der Waals surface area (Å²) in [5.41, 5.74) is 17.0.